The standard InChI is InChI=1S/C13H22N4O2S/c1-13(2,3)10-5-7-17(8-6-10)20(18,19)12-11(14)15-9-16(12)4/h5,9H,6-8,14H2,1-4H3. The summed E-state index contributed by atoms with van der Waals surface area (Å²) in [7, 11) is -1.95. The van der Waals surface area contributed by atoms with E-state index in [-0.39, 0.29) is 16.3 Å². The van der Waals surface area contributed by atoms with Gasteiger partial charge in [0.15, 0.2) is 10.8 Å². The maximum absolute atomic E-state index is 12.6. The molecule has 1 aromatic heterocycles. The molecule has 1 aromatic rings. The third kappa shape index (κ3) is 2.60. The Kier molecular flexibility index (Phi) is 3.68. The highest BCUT2D eigenvalue weighted by molar-refractivity contribution is 7.89. The highest BCUT2D eigenvalue weighted by Gasteiger charge is 2.32. The number of rotatable bonds is 2. The van der Waals surface area contributed by atoms with Gasteiger partial charge in [-0.3, -0.25) is 0 Å². The molecule has 112 valence electrons. The van der Waals surface area contributed by atoms with Crippen LogP contribution in [0.15, 0.2) is 23.0 Å². The van der Waals surface area contributed by atoms with E-state index < -0.39 is 10.0 Å². The van der Waals surface area contributed by atoms with Gasteiger partial charge in [-0.15, -0.1) is 0 Å². The van der Waals surface area contributed by atoms with Crippen LogP contribution in [0.2, 0.25) is 0 Å². The van der Waals surface area contributed by atoms with Crippen LogP contribution in [-0.4, -0.2) is 35.4 Å². The maximum atomic E-state index is 12.6. The Hall–Kier alpha value is -1.34. The van der Waals surface area contributed by atoms with Crippen LogP contribution >= 0.6 is 0 Å². The second kappa shape index (κ2) is 4.89. The molecular formula is C13H22N4O2S. The molecule has 7 heteroatoms. The summed E-state index contributed by atoms with van der Waals surface area (Å²) in [4.78, 5) is 3.85. The molecule has 0 aliphatic carbocycles. The number of imidazole rings is 1. The molecule has 0 saturated carbocycles. The van der Waals surface area contributed by atoms with Crippen molar-refractivity contribution in [1.82, 2.24) is 13.9 Å². The van der Waals surface area contributed by atoms with Gasteiger partial charge in [-0.2, -0.15) is 4.31 Å². The molecule has 0 aromatic carbocycles. The lowest BCUT2D eigenvalue weighted by molar-refractivity contribution is 0.387. The van der Waals surface area contributed by atoms with E-state index in [1.165, 1.54) is 20.8 Å². The molecule has 0 amide bonds. The van der Waals surface area contributed by atoms with Gasteiger partial charge in [0.25, 0.3) is 10.0 Å². The van der Waals surface area contributed by atoms with E-state index in [1.807, 2.05) is 6.08 Å². The van der Waals surface area contributed by atoms with Crippen LogP contribution in [0.4, 0.5) is 5.82 Å². The molecule has 1 aliphatic heterocycles. The minimum Gasteiger partial charge on any atom is -0.381 e. The monoisotopic (exact) mass is 298 g/mol. The second-order valence-corrected chi connectivity index (χ2v) is 7.99. The number of nitrogen functional groups attached to an aromatic ring is 1. The Labute approximate surface area is 120 Å². The average molecular weight is 298 g/mol. The van der Waals surface area contributed by atoms with Gasteiger partial charge in [0.05, 0.1) is 6.33 Å². The van der Waals surface area contributed by atoms with Gasteiger partial charge in [-0.05, 0) is 11.8 Å². The van der Waals surface area contributed by atoms with Gasteiger partial charge >= 0.3 is 0 Å². The summed E-state index contributed by atoms with van der Waals surface area (Å²) >= 11 is 0. The van der Waals surface area contributed by atoms with Crippen LogP contribution in [0.25, 0.3) is 0 Å². The van der Waals surface area contributed by atoms with Crippen molar-refractivity contribution in [2.75, 3.05) is 18.8 Å². The van der Waals surface area contributed by atoms with E-state index >= 15 is 0 Å². The van der Waals surface area contributed by atoms with Crippen LogP contribution < -0.4 is 5.73 Å². The van der Waals surface area contributed by atoms with Crippen molar-refractivity contribution in [3.05, 3.63) is 18.0 Å². The van der Waals surface area contributed by atoms with Gasteiger partial charge in [-0.1, -0.05) is 32.4 Å². The number of anilines is 1. The van der Waals surface area contributed by atoms with Crippen LogP contribution in [-0.2, 0) is 17.1 Å². The number of nitrogens with two attached hydrogens (primary N) is 1. The van der Waals surface area contributed by atoms with E-state index in [0.717, 1.165) is 6.42 Å². The zero-order valence-electron chi connectivity index (χ0n) is 12.4. The topological polar surface area (TPSA) is 81.2 Å². The van der Waals surface area contributed by atoms with Crippen molar-refractivity contribution in [1.29, 1.82) is 0 Å². The predicted octanol–water partition coefficient (Wildman–Crippen LogP) is 1.37. The zero-order chi connectivity index (χ0) is 15.1. The van der Waals surface area contributed by atoms with Crippen molar-refractivity contribution in [3.8, 4) is 0 Å². The van der Waals surface area contributed by atoms with Crippen LogP contribution in [0, 0.1) is 5.41 Å². The van der Waals surface area contributed by atoms with E-state index in [1.54, 1.807) is 7.05 Å². The molecule has 2 heterocycles. The van der Waals surface area contributed by atoms with Gasteiger partial charge in [0.1, 0.15) is 0 Å². The summed E-state index contributed by atoms with van der Waals surface area (Å²) in [6.45, 7) is 7.29. The highest BCUT2D eigenvalue weighted by Crippen LogP contribution is 2.32. The molecule has 1 aliphatic rings. The molecule has 0 saturated heterocycles. The summed E-state index contributed by atoms with van der Waals surface area (Å²) in [5.41, 5.74) is 7.06. The summed E-state index contributed by atoms with van der Waals surface area (Å²) in [6.07, 6.45) is 4.18. The molecule has 2 N–H and O–H groups in total. The lowest BCUT2D eigenvalue weighted by atomic mass is 9.83. The molecule has 0 radical (unpaired) electrons. The number of hydrogen-bond donors (Lipinski definition) is 1. The maximum Gasteiger partial charge on any atom is 0.262 e. The minimum atomic E-state index is -3.58. The Bertz CT molecular complexity index is 618. The molecule has 20 heavy (non-hydrogen) atoms. The normalized spacial score (nSPS) is 18.1. The van der Waals surface area contributed by atoms with Gasteiger partial charge in [0.2, 0.25) is 0 Å². The lowest BCUT2D eigenvalue weighted by Crippen LogP contribution is -2.37. The molecule has 0 spiro atoms. The van der Waals surface area contributed by atoms with Crippen molar-refractivity contribution < 1.29 is 8.42 Å². The molecular weight excluding hydrogens is 276 g/mol. The van der Waals surface area contributed by atoms with Crippen LogP contribution in [0.1, 0.15) is 27.2 Å². The molecule has 0 fully saturated rings. The molecule has 6 nitrogen and oxygen atoms in total. The van der Waals surface area contributed by atoms with E-state index in [4.69, 9.17) is 5.73 Å². The fourth-order valence-electron chi connectivity index (χ4n) is 2.42. The first-order valence-electron chi connectivity index (χ1n) is 6.60. The van der Waals surface area contributed by atoms with Crippen molar-refractivity contribution in [3.63, 3.8) is 0 Å². The molecule has 2 rings (SSSR count). The third-order valence-electron chi connectivity index (χ3n) is 3.63. The van der Waals surface area contributed by atoms with Crippen LogP contribution in [0.3, 0.4) is 0 Å². The number of hydrogen-bond acceptors (Lipinski definition) is 4. The fourth-order valence-corrected chi connectivity index (χ4v) is 4.00. The van der Waals surface area contributed by atoms with E-state index in [2.05, 4.69) is 25.8 Å². The smallest absolute Gasteiger partial charge is 0.262 e. The molecule has 0 atom stereocenters. The minimum absolute atomic E-state index is 0.0538. The summed E-state index contributed by atoms with van der Waals surface area (Å²) in [5.74, 6) is 0.0538. The van der Waals surface area contributed by atoms with Gasteiger partial charge in [-0.25, -0.2) is 13.4 Å². The van der Waals surface area contributed by atoms with Crippen molar-refractivity contribution in [2.24, 2.45) is 12.5 Å². The quantitative estimate of drug-likeness (QED) is 0.836. The Morgan fingerprint density at radius 1 is 1.35 bits per heavy atom. The number of aromatic nitrogens is 2. The number of sulfonamides is 1. The first-order chi connectivity index (χ1) is 9.14. The SMILES string of the molecule is Cn1cnc(N)c1S(=O)(=O)N1CC=C(C(C)(C)C)CC1. The Morgan fingerprint density at radius 3 is 2.40 bits per heavy atom. The Morgan fingerprint density at radius 2 is 2.00 bits per heavy atom. The first kappa shape index (κ1) is 15.1. The van der Waals surface area contributed by atoms with Crippen molar-refractivity contribution in [2.45, 2.75) is 32.2 Å². The van der Waals surface area contributed by atoms with Crippen molar-refractivity contribution >= 4 is 15.8 Å². The average Bonchev–Trinajstić information content (AvgIpc) is 2.68. The Balaban J connectivity index is 2.29. The highest BCUT2D eigenvalue weighted by atomic mass is 32.2. The van der Waals surface area contributed by atoms with E-state index in [9.17, 15) is 8.42 Å². The van der Waals surface area contributed by atoms with E-state index in [0.29, 0.717) is 13.1 Å². The number of aryl methyl sites for hydroxylation is 1. The summed E-state index contributed by atoms with van der Waals surface area (Å²) < 4.78 is 28.1. The van der Waals surface area contributed by atoms with Gasteiger partial charge < -0.3 is 10.3 Å². The third-order valence-corrected chi connectivity index (χ3v) is 5.63. The largest absolute Gasteiger partial charge is 0.381 e. The first-order valence-corrected chi connectivity index (χ1v) is 8.04. The molecule has 0 bridgehead atoms. The second-order valence-electron chi connectivity index (χ2n) is 6.14. The molecule has 0 unspecified atom stereocenters. The van der Waals surface area contributed by atoms with Gasteiger partial charge in [0, 0.05) is 20.1 Å². The van der Waals surface area contributed by atoms with Crippen LogP contribution in [0.5, 0.6) is 0 Å². The fraction of sp³-hybridized carbons (Fsp3) is 0.615. The lowest BCUT2D eigenvalue weighted by Gasteiger charge is -2.31. The summed E-state index contributed by atoms with van der Waals surface area (Å²) in [5, 5.41) is 0.0742. The predicted molar refractivity (Wildman–Crippen MR) is 78.5 cm³/mol. The number of nitrogens with zero attached hydrogens (tertiary/aromatic N) is 3. The summed E-state index contributed by atoms with van der Waals surface area (Å²) in [6, 6.07) is 0. The zero-order valence-corrected chi connectivity index (χ0v) is 13.2.